The molecule has 0 saturated carbocycles. The number of aryl methyl sites for hydroxylation is 1. The minimum Gasteiger partial charge on any atom is -0.491 e. The summed E-state index contributed by atoms with van der Waals surface area (Å²) < 4.78 is 5.85. The molecule has 2 aromatic rings. The predicted octanol–water partition coefficient (Wildman–Crippen LogP) is 0.973. The van der Waals surface area contributed by atoms with Crippen LogP contribution >= 0.6 is 0 Å². The first-order valence-corrected chi connectivity index (χ1v) is 10.2. The minimum absolute atomic E-state index is 0.360. The van der Waals surface area contributed by atoms with Crippen LogP contribution in [0.1, 0.15) is 30.9 Å². The lowest BCUT2D eigenvalue weighted by Crippen LogP contribution is -3.26. The molecule has 1 saturated heterocycles. The summed E-state index contributed by atoms with van der Waals surface area (Å²) in [6.07, 6.45) is -0.427. The summed E-state index contributed by atoms with van der Waals surface area (Å²) in [5, 5.41) is 10.4. The summed E-state index contributed by atoms with van der Waals surface area (Å²) in [6.45, 7) is 12.0. The molecule has 1 fully saturated rings. The van der Waals surface area contributed by atoms with Crippen molar-refractivity contribution in [3.63, 3.8) is 0 Å². The molecule has 0 radical (unpaired) electrons. The summed E-state index contributed by atoms with van der Waals surface area (Å²) in [4.78, 5) is 3.02. The van der Waals surface area contributed by atoms with Crippen molar-refractivity contribution in [3.05, 3.63) is 59.7 Å². The van der Waals surface area contributed by atoms with E-state index in [1.807, 2.05) is 6.07 Å². The van der Waals surface area contributed by atoms with Crippen molar-refractivity contribution in [1.29, 1.82) is 0 Å². The zero-order chi connectivity index (χ0) is 19.2. The first kappa shape index (κ1) is 19.9. The quantitative estimate of drug-likeness (QED) is 0.680. The van der Waals surface area contributed by atoms with E-state index in [1.54, 1.807) is 4.90 Å². The average molecular weight is 371 g/mol. The molecule has 3 N–H and O–H groups in total. The summed E-state index contributed by atoms with van der Waals surface area (Å²) in [5.41, 5.74) is 3.98. The molecule has 1 unspecified atom stereocenters. The molecule has 1 aliphatic rings. The smallest absolute Gasteiger partial charge is 0.137 e. The maximum Gasteiger partial charge on any atom is 0.137 e. The molecular weight excluding hydrogens is 336 g/mol. The number of benzene rings is 2. The maximum atomic E-state index is 10.4. The molecule has 3 rings (SSSR count). The van der Waals surface area contributed by atoms with Crippen LogP contribution in [0.15, 0.2) is 48.5 Å². The lowest BCUT2D eigenvalue weighted by Gasteiger charge is -2.30. The van der Waals surface area contributed by atoms with E-state index in [2.05, 4.69) is 63.2 Å². The average Bonchev–Trinajstić information content (AvgIpc) is 2.67. The lowest BCUT2D eigenvalue weighted by atomic mass is 9.98. The molecule has 27 heavy (non-hydrogen) atoms. The molecule has 4 nitrogen and oxygen atoms in total. The van der Waals surface area contributed by atoms with E-state index < -0.39 is 6.10 Å². The molecule has 1 heterocycles. The van der Waals surface area contributed by atoms with Gasteiger partial charge in [0.05, 0.1) is 0 Å². The highest BCUT2D eigenvalue weighted by molar-refractivity contribution is 5.36. The number of quaternary nitrogens is 2. The van der Waals surface area contributed by atoms with Crippen LogP contribution < -0.4 is 14.5 Å². The molecule has 0 bridgehead atoms. The van der Waals surface area contributed by atoms with Crippen molar-refractivity contribution in [3.8, 4) is 5.75 Å². The Balaban J connectivity index is 1.42. The van der Waals surface area contributed by atoms with Gasteiger partial charge in [0.1, 0.15) is 56.9 Å². The highest BCUT2D eigenvalue weighted by Crippen LogP contribution is 2.23. The SMILES string of the molecule is Cc1cc(OCC(O)C[NH+]2CC[NH+](c3ccccc3)CC2)ccc1C(C)C. The number of piperazine rings is 1. The molecule has 146 valence electrons. The van der Waals surface area contributed by atoms with Crippen LogP contribution in [0.25, 0.3) is 0 Å². The lowest BCUT2D eigenvalue weighted by molar-refractivity contribution is -0.988. The monoisotopic (exact) mass is 370 g/mol. The molecular formula is C23H34N2O2+2. The number of aliphatic hydroxyl groups is 1. The minimum atomic E-state index is -0.427. The van der Waals surface area contributed by atoms with Crippen molar-refractivity contribution in [1.82, 2.24) is 0 Å². The summed E-state index contributed by atoms with van der Waals surface area (Å²) in [5.74, 6) is 1.37. The van der Waals surface area contributed by atoms with Crippen molar-refractivity contribution in [2.75, 3.05) is 39.3 Å². The van der Waals surface area contributed by atoms with Crippen LogP contribution in [-0.4, -0.2) is 50.5 Å². The standard InChI is InChI=1S/C23H32N2O2/c1-18(2)23-10-9-22(15-19(23)3)27-17-21(26)16-24-11-13-25(14-12-24)20-7-5-4-6-8-20/h4-10,15,18,21,26H,11-14,16-17H2,1-3H3/p+2. The fraction of sp³-hybridized carbons (Fsp3) is 0.478. The van der Waals surface area contributed by atoms with E-state index in [1.165, 1.54) is 21.7 Å². The van der Waals surface area contributed by atoms with Gasteiger partial charge in [-0.1, -0.05) is 38.1 Å². The third-order valence-corrected chi connectivity index (χ3v) is 5.57. The highest BCUT2D eigenvalue weighted by atomic mass is 16.5. The number of aliphatic hydroxyl groups excluding tert-OH is 1. The Morgan fingerprint density at radius 3 is 2.33 bits per heavy atom. The Morgan fingerprint density at radius 1 is 1.00 bits per heavy atom. The van der Waals surface area contributed by atoms with E-state index in [9.17, 15) is 5.11 Å². The normalized spacial score (nSPS) is 21.2. The van der Waals surface area contributed by atoms with Crippen molar-refractivity contribution >= 4 is 5.69 Å². The molecule has 2 aromatic carbocycles. The molecule has 0 amide bonds. The van der Waals surface area contributed by atoms with E-state index >= 15 is 0 Å². The Bertz CT molecular complexity index is 710. The first-order chi connectivity index (χ1) is 13.0. The zero-order valence-electron chi connectivity index (χ0n) is 16.9. The van der Waals surface area contributed by atoms with Crippen LogP contribution in [0.2, 0.25) is 0 Å². The number of ether oxygens (including phenoxy) is 1. The van der Waals surface area contributed by atoms with E-state index in [0.717, 1.165) is 38.5 Å². The number of rotatable bonds is 7. The van der Waals surface area contributed by atoms with E-state index in [0.29, 0.717) is 12.5 Å². The number of nitrogens with one attached hydrogen (secondary N) is 2. The summed E-state index contributed by atoms with van der Waals surface area (Å²) >= 11 is 0. The molecule has 1 aliphatic heterocycles. The van der Waals surface area contributed by atoms with Crippen molar-refractivity contribution in [2.45, 2.75) is 32.8 Å². The number of para-hydroxylation sites is 1. The topological polar surface area (TPSA) is 38.3 Å². The third kappa shape index (κ3) is 5.55. The third-order valence-electron chi connectivity index (χ3n) is 5.57. The zero-order valence-corrected chi connectivity index (χ0v) is 16.9. The molecule has 0 aliphatic carbocycles. The molecule has 4 heteroatoms. The van der Waals surface area contributed by atoms with Crippen LogP contribution in [0.4, 0.5) is 5.69 Å². The van der Waals surface area contributed by atoms with Gasteiger partial charge < -0.3 is 14.7 Å². The van der Waals surface area contributed by atoms with Gasteiger partial charge in [-0.15, -0.1) is 0 Å². The fourth-order valence-corrected chi connectivity index (χ4v) is 4.04. The first-order valence-electron chi connectivity index (χ1n) is 10.2. The number of hydrogen-bond donors (Lipinski definition) is 3. The second kappa shape index (κ2) is 9.36. The van der Waals surface area contributed by atoms with Gasteiger partial charge in [0.15, 0.2) is 0 Å². The maximum absolute atomic E-state index is 10.4. The van der Waals surface area contributed by atoms with Gasteiger partial charge >= 0.3 is 0 Å². The van der Waals surface area contributed by atoms with E-state index in [4.69, 9.17) is 4.74 Å². The molecule has 0 aromatic heterocycles. The Kier molecular flexibility index (Phi) is 6.89. The Hall–Kier alpha value is -1.88. The molecule has 0 spiro atoms. The Morgan fingerprint density at radius 2 is 1.70 bits per heavy atom. The van der Waals surface area contributed by atoms with Crippen LogP contribution in [0, 0.1) is 6.92 Å². The van der Waals surface area contributed by atoms with Gasteiger partial charge in [-0.05, 0) is 48.2 Å². The molecule has 1 atom stereocenters. The number of hydrogen-bond acceptors (Lipinski definition) is 2. The second-order valence-corrected chi connectivity index (χ2v) is 8.06. The van der Waals surface area contributed by atoms with Gasteiger partial charge in [-0.3, -0.25) is 4.90 Å². The van der Waals surface area contributed by atoms with Gasteiger partial charge in [0, 0.05) is 0 Å². The van der Waals surface area contributed by atoms with Crippen LogP contribution in [0.3, 0.4) is 0 Å². The van der Waals surface area contributed by atoms with Gasteiger partial charge in [0.25, 0.3) is 0 Å². The Labute approximate surface area is 163 Å². The van der Waals surface area contributed by atoms with Crippen LogP contribution in [-0.2, 0) is 0 Å². The largest absolute Gasteiger partial charge is 0.491 e. The predicted molar refractivity (Wildman–Crippen MR) is 109 cm³/mol. The van der Waals surface area contributed by atoms with Gasteiger partial charge in [0.2, 0.25) is 0 Å². The summed E-state index contributed by atoms with van der Waals surface area (Å²) in [7, 11) is 0. The van der Waals surface area contributed by atoms with Gasteiger partial charge in [-0.25, -0.2) is 0 Å². The highest BCUT2D eigenvalue weighted by Gasteiger charge is 2.26. The summed E-state index contributed by atoms with van der Waals surface area (Å²) in [6, 6.07) is 16.9. The van der Waals surface area contributed by atoms with Crippen LogP contribution in [0.5, 0.6) is 5.75 Å². The fourth-order valence-electron chi connectivity index (χ4n) is 4.04. The second-order valence-electron chi connectivity index (χ2n) is 8.06. The van der Waals surface area contributed by atoms with Gasteiger partial charge in [-0.2, -0.15) is 0 Å². The van der Waals surface area contributed by atoms with Crippen molar-refractivity contribution in [2.24, 2.45) is 0 Å². The van der Waals surface area contributed by atoms with E-state index in [-0.39, 0.29) is 0 Å². The van der Waals surface area contributed by atoms with Crippen molar-refractivity contribution < 1.29 is 19.6 Å².